The average Bonchev–Trinajstić information content (AvgIpc) is 2.99. The van der Waals surface area contributed by atoms with Crippen molar-refractivity contribution in [3.05, 3.63) is 17.4 Å². The van der Waals surface area contributed by atoms with E-state index < -0.39 is 0 Å². The lowest BCUT2D eigenvalue weighted by molar-refractivity contribution is -0.116. The van der Waals surface area contributed by atoms with Crippen molar-refractivity contribution in [3.8, 4) is 0 Å². The number of halogens is 1. The Kier molecular flexibility index (Phi) is 3.36. The number of anilines is 1. The molecule has 0 aliphatic heterocycles. The molecule has 1 amide bonds. The zero-order valence-corrected chi connectivity index (χ0v) is 9.44. The van der Waals surface area contributed by atoms with Crippen molar-refractivity contribution < 1.29 is 4.79 Å². The Balaban J connectivity index is 1.86. The fourth-order valence-corrected chi connectivity index (χ4v) is 1.61. The van der Waals surface area contributed by atoms with E-state index in [0.29, 0.717) is 17.5 Å². The van der Waals surface area contributed by atoms with E-state index in [9.17, 15) is 4.79 Å². The van der Waals surface area contributed by atoms with Gasteiger partial charge in [-0.05, 0) is 24.8 Å². The van der Waals surface area contributed by atoms with Crippen LogP contribution in [-0.4, -0.2) is 21.9 Å². The molecule has 1 heterocycles. The van der Waals surface area contributed by atoms with Crippen molar-refractivity contribution in [2.45, 2.75) is 25.3 Å². The first-order valence-corrected chi connectivity index (χ1v) is 5.57. The molecule has 1 aromatic rings. The van der Waals surface area contributed by atoms with E-state index in [4.69, 9.17) is 17.3 Å². The van der Waals surface area contributed by atoms with Crippen LogP contribution in [0.1, 0.15) is 19.3 Å². The van der Waals surface area contributed by atoms with Crippen molar-refractivity contribution in [1.29, 1.82) is 0 Å². The molecule has 3 N–H and O–H groups in total. The van der Waals surface area contributed by atoms with Crippen LogP contribution in [0.15, 0.2) is 12.3 Å². The van der Waals surface area contributed by atoms with Gasteiger partial charge in [0.05, 0.1) is 0 Å². The van der Waals surface area contributed by atoms with Crippen LogP contribution < -0.4 is 11.1 Å². The van der Waals surface area contributed by atoms with Crippen LogP contribution in [0.3, 0.4) is 0 Å². The van der Waals surface area contributed by atoms with E-state index in [1.165, 1.54) is 6.20 Å². The number of amides is 1. The highest BCUT2D eigenvalue weighted by Gasteiger charge is 2.29. The summed E-state index contributed by atoms with van der Waals surface area (Å²) in [5.41, 5.74) is 5.84. The van der Waals surface area contributed by atoms with Gasteiger partial charge in [0.2, 0.25) is 11.9 Å². The number of hydrogen-bond acceptors (Lipinski definition) is 4. The van der Waals surface area contributed by atoms with Gasteiger partial charge in [0.25, 0.3) is 0 Å². The monoisotopic (exact) mass is 240 g/mol. The smallest absolute Gasteiger partial charge is 0.230 e. The molecular formula is C10H13ClN4O. The summed E-state index contributed by atoms with van der Waals surface area (Å²) >= 11 is 5.67. The van der Waals surface area contributed by atoms with Gasteiger partial charge in [0.15, 0.2) is 0 Å². The van der Waals surface area contributed by atoms with Crippen LogP contribution in [0.4, 0.5) is 5.95 Å². The molecule has 0 bridgehead atoms. The van der Waals surface area contributed by atoms with E-state index in [1.807, 2.05) is 0 Å². The quantitative estimate of drug-likeness (QED) is 0.775. The number of nitrogens with two attached hydrogens (primary N) is 1. The summed E-state index contributed by atoms with van der Waals surface area (Å²) in [4.78, 5) is 19.3. The Hall–Kier alpha value is -1.20. The second-order valence-electron chi connectivity index (χ2n) is 3.96. The van der Waals surface area contributed by atoms with Gasteiger partial charge in [-0.15, -0.1) is 0 Å². The Bertz CT molecular complexity index is 394. The molecule has 16 heavy (non-hydrogen) atoms. The van der Waals surface area contributed by atoms with E-state index in [1.54, 1.807) is 6.07 Å². The topological polar surface area (TPSA) is 80.9 Å². The van der Waals surface area contributed by atoms with Crippen LogP contribution in [-0.2, 0) is 4.79 Å². The maximum atomic E-state index is 11.6. The second kappa shape index (κ2) is 4.76. The number of rotatable bonds is 4. The van der Waals surface area contributed by atoms with E-state index in [2.05, 4.69) is 15.3 Å². The molecule has 1 aromatic heterocycles. The van der Waals surface area contributed by atoms with Crippen LogP contribution in [0.2, 0.25) is 5.15 Å². The normalized spacial score (nSPS) is 16.9. The predicted molar refractivity (Wildman–Crippen MR) is 61.0 cm³/mol. The molecule has 86 valence electrons. The largest absolute Gasteiger partial charge is 0.327 e. The van der Waals surface area contributed by atoms with E-state index in [0.717, 1.165) is 12.8 Å². The molecule has 1 aliphatic carbocycles. The van der Waals surface area contributed by atoms with Crippen molar-refractivity contribution in [2.24, 2.45) is 11.7 Å². The fraction of sp³-hybridized carbons (Fsp3) is 0.500. The van der Waals surface area contributed by atoms with Crippen molar-refractivity contribution in [3.63, 3.8) is 0 Å². The first-order chi connectivity index (χ1) is 7.65. The zero-order chi connectivity index (χ0) is 11.5. The van der Waals surface area contributed by atoms with Crippen molar-refractivity contribution >= 4 is 23.5 Å². The predicted octanol–water partition coefficient (Wildman–Crippen LogP) is 1.20. The maximum absolute atomic E-state index is 11.6. The summed E-state index contributed by atoms with van der Waals surface area (Å²) < 4.78 is 0. The van der Waals surface area contributed by atoms with Gasteiger partial charge in [0, 0.05) is 18.7 Å². The Morgan fingerprint density at radius 2 is 2.44 bits per heavy atom. The maximum Gasteiger partial charge on any atom is 0.230 e. The molecule has 0 radical (unpaired) electrons. The van der Waals surface area contributed by atoms with Gasteiger partial charge < -0.3 is 5.73 Å². The van der Waals surface area contributed by atoms with Crippen molar-refractivity contribution in [2.75, 3.05) is 5.32 Å². The SMILES string of the molecule is NC(CC(=O)Nc1nccc(Cl)n1)C1CC1. The van der Waals surface area contributed by atoms with Gasteiger partial charge in [-0.2, -0.15) is 0 Å². The van der Waals surface area contributed by atoms with Crippen LogP contribution in [0.5, 0.6) is 0 Å². The highest BCUT2D eigenvalue weighted by molar-refractivity contribution is 6.29. The molecule has 1 atom stereocenters. The summed E-state index contributed by atoms with van der Waals surface area (Å²) in [6, 6.07) is 1.49. The fourth-order valence-electron chi connectivity index (χ4n) is 1.48. The number of carbonyl (C=O) groups is 1. The van der Waals surface area contributed by atoms with E-state index >= 15 is 0 Å². The summed E-state index contributed by atoms with van der Waals surface area (Å²) in [5, 5.41) is 2.87. The molecule has 0 aromatic carbocycles. The minimum absolute atomic E-state index is 0.0563. The molecular weight excluding hydrogens is 228 g/mol. The molecule has 1 saturated carbocycles. The summed E-state index contributed by atoms with van der Waals surface area (Å²) in [6.45, 7) is 0. The highest BCUT2D eigenvalue weighted by atomic mass is 35.5. The molecule has 0 saturated heterocycles. The molecule has 2 rings (SSSR count). The lowest BCUT2D eigenvalue weighted by Gasteiger charge is -2.09. The zero-order valence-electron chi connectivity index (χ0n) is 8.69. The standard InChI is InChI=1S/C10H13ClN4O/c11-8-3-4-13-10(14-8)15-9(16)5-7(12)6-1-2-6/h3-4,6-7H,1-2,5,12H2,(H,13,14,15,16). The number of nitrogens with one attached hydrogen (secondary N) is 1. The Morgan fingerprint density at radius 1 is 1.69 bits per heavy atom. The summed E-state index contributed by atoms with van der Waals surface area (Å²) in [5.74, 6) is 0.563. The van der Waals surface area contributed by atoms with Gasteiger partial charge >= 0.3 is 0 Å². The van der Waals surface area contributed by atoms with Gasteiger partial charge in [-0.1, -0.05) is 11.6 Å². The van der Waals surface area contributed by atoms with Crippen LogP contribution >= 0.6 is 11.6 Å². The number of aromatic nitrogens is 2. The third-order valence-corrected chi connectivity index (χ3v) is 2.73. The highest BCUT2D eigenvalue weighted by Crippen LogP contribution is 2.32. The number of hydrogen-bond donors (Lipinski definition) is 2. The third-order valence-electron chi connectivity index (χ3n) is 2.52. The molecule has 1 aliphatic rings. The van der Waals surface area contributed by atoms with E-state index in [-0.39, 0.29) is 17.9 Å². The minimum atomic E-state index is -0.165. The van der Waals surface area contributed by atoms with Crippen LogP contribution in [0, 0.1) is 5.92 Å². The minimum Gasteiger partial charge on any atom is -0.327 e. The van der Waals surface area contributed by atoms with Crippen LogP contribution in [0.25, 0.3) is 0 Å². The molecule has 1 unspecified atom stereocenters. The molecule has 6 heteroatoms. The van der Waals surface area contributed by atoms with Gasteiger partial charge in [0.1, 0.15) is 5.15 Å². The molecule has 1 fully saturated rings. The molecule has 5 nitrogen and oxygen atoms in total. The first-order valence-electron chi connectivity index (χ1n) is 5.19. The number of carbonyl (C=O) groups excluding carboxylic acids is 1. The lowest BCUT2D eigenvalue weighted by atomic mass is 10.1. The summed E-state index contributed by atoms with van der Waals surface area (Å²) in [6.07, 6.45) is 4.05. The molecule has 0 spiro atoms. The average molecular weight is 241 g/mol. The summed E-state index contributed by atoms with van der Waals surface area (Å²) in [7, 11) is 0. The van der Waals surface area contributed by atoms with Gasteiger partial charge in [-0.25, -0.2) is 9.97 Å². The Labute approximate surface area is 98.4 Å². The first kappa shape index (κ1) is 11.3. The number of nitrogens with zero attached hydrogens (tertiary/aromatic N) is 2. The van der Waals surface area contributed by atoms with Crippen molar-refractivity contribution in [1.82, 2.24) is 9.97 Å². The van der Waals surface area contributed by atoms with Gasteiger partial charge in [-0.3, -0.25) is 10.1 Å². The second-order valence-corrected chi connectivity index (χ2v) is 4.34. The Morgan fingerprint density at radius 3 is 3.06 bits per heavy atom. The lowest BCUT2D eigenvalue weighted by Crippen LogP contribution is -2.29. The third kappa shape index (κ3) is 3.15.